The van der Waals surface area contributed by atoms with Crippen LogP contribution in [0, 0.1) is 6.92 Å². The largest absolute Gasteiger partial charge is 0.416 e. The van der Waals surface area contributed by atoms with E-state index in [1.165, 1.54) is 28.5 Å². The van der Waals surface area contributed by atoms with Crippen LogP contribution >= 0.6 is 12.2 Å². The molecule has 0 aliphatic heterocycles. The Labute approximate surface area is 198 Å². The predicted octanol–water partition coefficient (Wildman–Crippen LogP) is 6.73. The molecule has 2 N–H and O–H groups in total. The number of rotatable bonds is 6. The Bertz CT molecular complexity index is 1120. The lowest BCUT2D eigenvalue weighted by Crippen LogP contribution is -2.51. The molecule has 2 atom stereocenters. The summed E-state index contributed by atoms with van der Waals surface area (Å²) in [5.41, 5.74) is 1.83. The number of alkyl halides is 3. The highest BCUT2D eigenvalue weighted by atomic mass is 32.1. The van der Waals surface area contributed by atoms with Crippen LogP contribution < -0.4 is 10.6 Å². The molecule has 0 bridgehead atoms. The Morgan fingerprint density at radius 3 is 2.48 bits per heavy atom. The number of fused-ring (bicyclic) bond motifs is 1. The molecule has 0 heterocycles. The van der Waals surface area contributed by atoms with Crippen molar-refractivity contribution in [1.82, 2.24) is 10.6 Å². The molecule has 1 aliphatic carbocycles. The van der Waals surface area contributed by atoms with E-state index in [2.05, 4.69) is 47.0 Å². The number of thiocarbonyl (C=S) groups is 1. The minimum absolute atomic E-state index is 0.174. The summed E-state index contributed by atoms with van der Waals surface area (Å²) in [6.45, 7) is 2.45. The van der Waals surface area contributed by atoms with Crippen molar-refractivity contribution >= 4 is 28.0 Å². The first kappa shape index (κ1) is 23.7. The normalized spacial score (nSPS) is 18.9. The standard InChI is InChI=1S/C27H29F3N2S/c1-18-13-19(15-22(14-18)27(28,29)30)16-26(33)32-25-12-5-4-11-24(25)31-17-21-9-6-8-20-7-2-3-10-23(20)21/h2-3,6-10,13-15,24-25,31H,4-5,11-12,16-17H2,1H3,(H,32,33)/t24-,25-/m1/s1. The monoisotopic (exact) mass is 470 g/mol. The fourth-order valence-corrected chi connectivity index (χ4v) is 5.13. The van der Waals surface area contributed by atoms with Gasteiger partial charge in [0.25, 0.3) is 0 Å². The fraction of sp³-hybridized carbons (Fsp3) is 0.370. The lowest BCUT2D eigenvalue weighted by atomic mass is 9.89. The van der Waals surface area contributed by atoms with Gasteiger partial charge in [-0.05, 0) is 53.8 Å². The van der Waals surface area contributed by atoms with Crippen molar-refractivity contribution in [2.24, 2.45) is 0 Å². The average molecular weight is 471 g/mol. The van der Waals surface area contributed by atoms with Crippen LogP contribution in [-0.4, -0.2) is 17.1 Å². The molecule has 0 aromatic heterocycles. The van der Waals surface area contributed by atoms with Crippen molar-refractivity contribution in [1.29, 1.82) is 0 Å². The van der Waals surface area contributed by atoms with E-state index in [1.807, 2.05) is 6.07 Å². The van der Waals surface area contributed by atoms with Crippen molar-refractivity contribution in [2.45, 2.75) is 63.8 Å². The molecule has 6 heteroatoms. The number of aryl methyl sites for hydroxylation is 1. The second-order valence-corrected chi connectivity index (χ2v) is 9.46. The maximum absolute atomic E-state index is 13.2. The number of hydrogen-bond donors (Lipinski definition) is 2. The van der Waals surface area contributed by atoms with Crippen molar-refractivity contribution in [3.8, 4) is 0 Å². The van der Waals surface area contributed by atoms with Crippen LogP contribution in [-0.2, 0) is 19.1 Å². The van der Waals surface area contributed by atoms with E-state index in [-0.39, 0.29) is 12.1 Å². The smallest absolute Gasteiger partial charge is 0.375 e. The molecule has 3 aromatic carbocycles. The molecule has 0 saturated heterocycles. The van der Waals surface area contributed by atoms with Crippen molar-refractivity contribution < 1.29 is 13.2 Å². The number of halogens is 3. The molecule has 2 nitrogen and oxygen atoms in total. The van der Waals surface area contributed by atoms with Gasteiger partial charge >= 0.3 is 6.18 Å². The molecular weight excluding hydrogens is 441 g/mol. The van der Waals surface area contributed by atoms with E-state index in [4.69, 9.17) is 12.2 Å². The van der Waals surface area contributed by atoms with Gasteiger partial charge in [0.05, 0.1) is 10.6 Å². The van der Waals surface area contributed by atoms with Gasteiger partial charge in [-0.3, -0.25) is 0 Å². The molecule has 1 saturated carbocycles. The molecule has 1 fully saturated rings. The summed E-state index contributed by atoms with van der Waals surface area (Å²) in [6.07, 6.45) is 0.283. The Morgan fingerprint density at radius 1 is 0.970 bits per heavy atom. The first-order valence-corrected chi connectivity index (χ1v) is 11.9. The van der Waals surface area contributed by atoms with Gasteiger partial charge in [0.1, 0.15) is 0 Å². The second-order valence-electron chi connectivity index (χ2n) is 8.97. The van der Waals surface area contributed by atoms with Crippen molar-refractivity contribution in [3.63, 3.8) is 0 Å². The van der Waals surface area contributed by atoms with Gasteiger partial charge in [-0.25, -0.2) is 0 Å². The van der Waals surface area contributed by atoms with Crippen LogP contribution in [0.3, 0.4) is 0 Å². The van der Waals surface area contributed by atoms with Gasteiger partial charge in [-0.15, -0.1) is 0 Å². The summed E-state index contributed by atoms with van der Waals surface area (Å²) >= 11 is 5.57. The molecule has 0 spiro atoms. The Morgan fingerprint density at radius 2 is 1.70 bits per heavy atom. The van der Waals surface area contributed by atoms with Crippen LogP contribution in [0.2, 0.25) is 0 Å². The number of nitrogens with one attached hydrogen (secondary N) is 2. The minimum atomic E-state index is -4.35. The second kappa shape index (κ2) is 10.2. The van der Waals surface area contributed by atoms with Gasteiger partial charge < -0.3 is 10.6 Å². The van der Waals surface area contributed by atoms with Gasteiger partial charge in [-0.2, -0.15) is 13.2 Å². The third-order valence-corrected chi connectivity index (χ3v) is 6.64. The van der Waals surface area contributed by atoms with Gasteiger partial charge in [0.2, 0.25) is 0 Å². The summed E-state index contributed by atoms with van der Waals surface area (Å²) < 4.78 is 39.5. The summed E-state index contributed by atoms with van der Waals surface area (Å²) in [7, 11) is 0. The van der Waals surface area contributed by atoms with Gasteiger partial charge in [-0.1, -0.05) is 79.2 Å². The van der Waals surface area contributed by atoms with Crippen LogP contribution in [0.4, 0.5) is 13.2 Å². The molecule has 0 unspecified atom stereocenters. The average Bonchev–Trinajstić information content (AvgIpc) is 2.77. The molecule has 0 amide bonds. The third kappa shape index (κ3) is 6.12. The molecule has 174 valence electrons. The first-order chi connectivity index (χ1) is 15.8. The molecule has 33 heavy (non-hydrogen) atoms. The lowest BCUT2D eigenvalue weighted by molar-refractivity contribution is -0.137. The highest BCUT2D eigenvalue weighted by molar-refractivity contribution is 7.80. The SMILES string of the molecule is Cc1cc(CC(=S)N[C@@H]2CCCC[C@H]2NCc2cccc3ccccc23)cc(C(F)(F)F)c1. The van der Waals surface area contributed by atoms with Crippen LogP contribution in [0.1, 0.15) is 47.9 Å². The molecule has 4 rings (SSSR count). The highest BCUT2D eigenvalue weighted by Gasteiger charge is 2.31. The van der Waals surface area contributed by atoms with E-state index in [0.29, 0.717) is 22.5 Å². The van der Waals surface area contributed by atoms with E-state index >= 15 is 0 Å². The van der Waals surface area contributed by atoms with E-state index in [0.717, 1.165) is 32.2 Å². The van der Waals surface area contributed by atoms with Gasteiger partial charge in [0, 0.05) is 25.0 Å². The summed E-state index contributed by atoms with van der Waals surface area (Å²) in [5.74, 6) is 0. The maximum Gasteiger partial charge on any atom is 0.416 e. The molecule has 0 radical (unpaired) electrons. The summed E-state index contributed by atoms with van der Waals surface area (Å²) in [5, 5.41) is 9.66. The summed E-state index contributed by atoms with van der Waals surface area (Å²) in [6, 6.07) is 19.3. The zero-order chi connectivity index (χ0) is 23.4. The topological polar surface area (TPSA) is 24.1 Å². The minimum Gasteiger partial charge on any atom is -0.375 e. The fourth-order valence-electron chi connectivity index (χ4n) is 4.81. The zero-order valence-electron chi connectivity index (χ0n) is 18.7. The lowest BCUT2D eigenvalue weighted by Gasteiger charge is -2.34. The van der Waals surface area contributed by atoms with E-state index < -0.39 is 11.7 Å². The Hall–Kier alpha value is -2.44. The van der Waals surface area contributed by atoms with E-state index in [9.17, 15) is 13.2 Å². The third-order valence-electron chi connectivity index (χ3n) is 6.38. The van der Waals surface area contributed by atoms with Crippen LogP contribution in [0.25, 0.3) is 10.8 Å². The Kier molecular flexibility index (Phi) is 7.35. The Balaban J connectivity index is 1.40. The van der Waals surface area contributed by atoms with Crippen LogP contribution in [0.15, 0.2) is 60.7 Å². The molecule has 1 aliphatic rings. The number of hydrogen-bond acceptors (Lipinski definition) is 2. The van der Waals surface area contributed by atoms with Crippen molar-refractivity contribution in [2.75, 3.05) is 0 Å². The summed E-state index contributed by atoms with van der Waals surface area (Å²) in [4.78, 5) is 0.595. The number of benzene rings is 3. The molecular formula is C27H29F3N2S. The zero-order valence-corrected chi connectivity index (χ0v) is 19.5. The predicted molar refractivity (Wildman–Crippen MR) is 132 cm³/mol. The van der Waals surface area contributed by atoms with Crippen LogP contribution in [0.5, 0.6) is 0 Å². The van der Waals surface area contributed by atoms with Crippen molar-refractivity contribution in [3.05, 3.63) is 82.9 Å². The quantitative estimate of drug-likeness (QED) is 0.391. The first-order valence-electron chi connectivity index (χ1n) is 11.5. The van der Waals surface area contributed by atoms with Gasteiger partial charge in [0.15, 0.2) is 0 Å². The maximum atomic E-state index is 13.2. The molecule has 3 aromatic rings. The van der Waals surface area contributed by atoms with E-state index in [1.54, 1.807) is 13.0 Å². The highest BCUT2D eigenvalue weighted by Crippen LogP contribution is 2.31.